The van der Waals surface area contributed by atoms with Crippen LogP contribution in [-0.2, 0) is 4.79 Å². The molecule has 1 heterocycles. The summed E-state index contributed by atoms with van der Waals surface area (Å²) >= 11 is 0. The zero-order chi connectivity index (χ0) is 13.7. The van der Waals surface area contributed by atoms with E-state index in [1.54, 1.807) is 0 Å². The second-order valence-corrected chi connectivity index (χ2v) is 6.35. The molecule has 110 valence electrons. The van der Waals surface area contributed by atoms with Crippen molar-refractivity contribution in [1.82, 2.24) is 9.80 Å². The van der Waals surface area contributed by atoms with Gasteiger partial charge in [0.2, 0.25) is 0 Å². The Balaban J connectivity index is 1.76. The highest BCUT2D eigenvalue weighted by atomic mass is 16.1. The van der Waals surface area contributed by atoms with Gasteiger partial charge in [-0.05, 0) is 31.7 Å². The fourth-order valence-electron chi connectivity index (χ4n) is 3.57. The smallest absolute Gasteiger partial charge is 0.137 e. The van der Waals surface area contributed by atoms with Crippen LogP contribution in [0, 0.1) is 11.8 Å². The second-order valence-electron chi connectivity index (χ2n) is 6.35. The van der Waals surface area contributed by atoms with E-state index in [1.165, 1.54) is 32.5 Å². The normalized spacial score (nSPS) is 30.7. The molecule has 3 nitrogen and oxygen atoms in total. The first kappa shape index (κ1) is 15.0. The van der Waals surface area contributed by atoms with Crippen molar-refractivity contribution in [3.63, 3.8) is 0 Å². The predicted molar refractivity (Wildman–Crippen MR) is 79.3 cm³/mol. The van der Waals surface area contributed by atoms with E-state index < -0.39 is 0 Å². The average molecular weight is 266 g/mol. The number of carbonyl (C=O) groups excluding carboxylic acids is 1. The Morgan fingerprint density at radius 3 is 2.42 bits per heavy atom. The van der Waals surface area contributed by atoms with Crippen molar-refractivity contribution in [3.05, 3.63) is 0 Å². The van der Waals surface area contributed by atoms with Crippen molar-refractivity contribution in [3.8, 4) is 0 Å². The lowest BCUT2D eigenvalue weighted by Crippen LogP contribution is -2.49. The average Bonchev–Trinajstić information content (AvgIpc) is 2.44. The highest BCUT2D eigenvalue weighted by Gasteiger charge is 2.30. The maximum absolute atomic E-state index is 12.1. The number of Topliss-reactive ketones (excluding diaryl/α,β-unsaturated/α-hetero) is 1. The first-order valence-corrected chi connectivity index (χ1v) is 8.20. The van der Waals surface area contributed by atoms with E-state index in [0.29, 0.717) is 11.7 Å². The van der Waals surface area contributed by atoms with Crippen molar-refractivity contribution in [2.75, 3.05) is 39.3 Å². The van der Waals surface area contributed by atoms with Crippen LogP contribution in [0.1, 0.15) is 46.0 Å². The van der Waals surface area contributed by atoms with Crippen LogP contribution in [-0.4, -0.2) is 54.9 Å². The maximum atomic E-state index is 12.1. The van der Waals surface area contributed by atoms with E-state index in [-0.39, 0.29) is 0 Å². The van der Waals surface area contributed by atoms with Gasteiger partial charge in [0.25, 0.3) is 0 Å². The minimum absolute atomic E-state index is 0.330. The van der Waals surface area contributed by atoms with Crippen LogP contribution < -0.4 is 0 Å². The number of piperazine rings is 1. The van der Waals surface area contributed by atoms with Crippen molar-refractivity contribution in [2.45, 2.75) is 46.0 Å². The Morgan fingerprint density at radius 1 is 1.11 bits per heavy atom. The Kier molecular flexibility index (Phi) is 5.83. The summed E-state index contributed by atoms with van der Waals surface area (Å²) in [4.78, 5) is 17.1. The summed E-state index contributed by atoms with van der Waals surface area (Å²) in [5.74, 6) is 1.65. The third-order valence-corrected chi connectivity index (χ3v) is 4.93. The fourth-order valence-corrected chi connectivity index (χ4v) is 3.57. The van der Waals surface area contributed by atoms with Crippen molar-refractivity contribution >= 4 is 5.78 Å². The van der Waals surface area contributed by atoms with Gasteiger partial charge in [0.05, 0.1) is 0 Å². The molecule has 2 rings (SSSR count). The quantitative estimate of drug-likeness (QED) is 0.763. The highest BCUT2D eigenvalue weighted by molar-refractivity contribution is 5.81. The maximum Gasteiger partial charge on any atom is 0.137 e. The van der Waals surface area contributed by atoms with E-state index in [2.05, 4.69) is 23.6 Å². The van der Waals surface area contributed by atoms with Gasteiger partial charge in [-0.25, -0.2) is 0 Å². The summed E-state index contributed by atoms with van der Waals surface area (Å²) in [6.45, 7) is 11.4. The predicted octanol–water partition coefficient (Wildman–Crippen LogP) is 2.41. The lowest BCUT2D eigenvalue weighted by molar-refractivity contribution is -0.126. The molecule has 0 spiro atoms. The molecule has 1 aliphatic carbocycles. The van der Waals surface area contributed by atoms with Crippen LogP contribution in [0.25, 0.3) is 0 Å². The number of carbonyl (C=O) groups is 1. The summed E-state index contributed by atoms with van der Waals surface area (Å²) < 4.78 is 0. The van der Waals surface area contributed by atoms with Gasteiger partial charge in [0, 0.05) is 45.1 Å². The van der Waals surface area contributed by atoms with Crippen LogP contribution in [0.3, 0.4) is 0 Å². The Labute approximate surface area is 118 Å². The summed E-state index contributed by atoms with van der Waals surface area (Å²) in [7, 11) is 0. The molecule has 2 fully saturated rings. The minimum Gasteiger partial charge on any atom is -0.301 e. The van der Waals surface area contributed by atoms with E-state index in [9.17, 15) is 4.79 Å². The molecule has 2 unspecified atom stereocenters. The second kappa shape index (κ2) is 7.39. The Morgan fingerprint density at radius 2 is 1.79 bits per heavy atom. The lowest BCUT2D eigenvalue weighted by atomic mass is 9.79. The molecule has 19 heavy (non-hydrogen) atoms. The fraction of sp³-hybridized carbons (Fsp3) is 0.938. The van der Waals surface area contributed by atoms with E-state index in [4.69, 9.17) is 0 Å². The molecule has 0 aromatic carbocycles. The summed E-state index contributed by atoms with van der Waals surface area (Å²) in [5, 5.41) is 0. The number of rotatable bonds is 5. The number of ketones is 1. The minimum atomic E-state index is 0.330. The van der Waals surface area contributed by atoms with E-state index in [1.807, 2.05) is 0 Å². The van der Waals surface area contributed by atoms with Gasteiger partial charge < -0.3 is 9.80 Å². The van der Waals surface area contributed by atoms with Crippen LogP contribution in [0.2, 0.25) is 0 Å². The first-order chi connectivity index (χ1) is 9.22. The molecule has 0 radical (unpaired) electrons. The largest absolute Gasteiger partial charge is 0.301 e. The third-order valence-electron chi connectivity index (χ3n) is 4.93. The zero-order valence-electron chi connectivity index (χ0n) is 12.7. The number of hydrogen-bond donors (Lipinski definition) is 0. The standard InChI is InChI=1S/C16H30N2O/c1-3-7-17-8-10-18(11-9-17)13-15-12-14(4-2)5-6-16(15)19/h14-15H,3-13H2,1-2H3. The molecule has 0 bridgehead atoms. The number of hydrogen-bond acceptors (Lipinski definition) is 3. The van der Waals surface area contributed by atoms with Gasteiger partial charge in [-0.3, -0.25) is 4.79 Å². The highest BCUT2D eigenvalue weighted by Crippen LogP contribution is 2.29. The molecule has 0 amide bonds. The molecule has 1 saturated carbocycles. The Bertz CT molecular complexity index is 284. The summed E-state index contributed by atoms with van der Waals surface area (Å²) in [6, 6.07) is 0. The van der Waals surface area contributed by atoms with Crippen LogP contribution >= 0.6 is 0 Å². The SMILES string of the molecule is CCCN1CCN(CC2CC(CC)CCC2=O)CC1. The van der Waals surface area contributed by atoms with Crippen LogP contribution in [0.5, 0.6) is 0 Å². The van der Waals surface area contributed by atoms with Gasteiger partial charge in [0.15, 0.2) is 0 Å². The van der Waals surface area contributed by atoms with E-state index >= 15 is 0 Å². The van der Waals surface area contributed by atoms with Crippen LogP contribution in [0.4, 0.5) is 0 Å². The molecule has 2 aliphatic rings. The van der Waals surface area contributed by atoms with E-state index in [0.717, 1.165) is 44.8 Å². The molecule has 0 aromatic heterocycles. The number of nitrogens with zero attached hydrogens (tertiary/aromatic N) is 2. The van der Waals surface area contributed by atoms with Crippen LogP contribution in [0.15, 0.2) is 0 Å². The molecular weight excluding hydrogens is 236 g/mol. The molecule has 0 N–H and O–H groups in total. The molecule has 1 aliphatic heterocycles. The van der Waals surface area contributed by atoms with Crippen molar-refractivity contribution < 1.29 is 4.79 Å². The van der Waals surface area contributed by atoms with Gasteiger partial charge in [-0.1, -0.05) is 20.3 Å². The zero-order valence-corrected chi connectivity index (χ0v) is 12.7. The van der Waals surface area contributed by atoms with Gasteiger partial charge in [-0.15, -0.1) is 0 Å². The third kappa shape index (κ3) is 4.28. The molecular formula is C16H30N2O. The monoisotopic (exact) mass is 266 g/mol. The molecule has 1 saturated heterocycles. The van der Waals surface area contributed by atoms with Gasteiger partial charge in [0.1, 0.15) is 5.78 Å². The van der Waals surface area contributed by atoms with Gasteiger partial charge in [-0.2, -0.15) is 0 Å². The van der Waals surface area contributed by atoms with Gasteiger partial charge >= 0.3 is 0 Å². The van der Waals surface area contributed by atoms with Crippen molar-refractivity contribution in [1.29, 1.82) is 0 Å². The molecule has 3 heteroatoms. The lowest BCUT2D eigenvalue weighted by Gasteiger charge is -2.37. The topological polar surface area (TPSA) is 23.6 Å². The first-order valence-electron chi connectivity index (χ1n) is 8.20. The summed E-state index contributed by atoms with van der Waals surface area (Å²) in [5.41, 5.74) is 0. The molecule has 0 aromatic rings. The van der Waals surface area contributed by atoms with Crippen molar-refractivity contribution in [2.24, 2.45) is 11.8 Å². The Hall–Kier alpha value is -0.410. The molecule has 2 atom stereocenters. The summed E-state index contributed by atoms with van der Waals surface area (Å²) in [6.07, 6.45) is 5.60.